The molecule has 32 heavy (non-hydrogen) atoms. The van der Waals surface area contributed by atoms with Crippen LogP contribution < -0.4 is 4.74 Å². The molecule has 1 aliphatic rings. The number of oxime groups is 1. The molecule has 2 aromatic rings. The monoisotopic (exact) mass is 442 g/mol. The normalized spacial score (nSPS) is 14.1. The Labute approximate surface area is 188 Å². The van der Waals surface area contributed by atoms with E-state index >= 15 is 0 Å². The molecule has 2 aromatic carbocycles. The van der Waals surface area contributed by atoms with Gasteiger partial charge in [0.05, 0.1) is 5.71 Å². The number of likely N-dealkylation sites (tertiary alicyclic amines) is 1. The lowest BCUT2D eigenvalue weighted by Gasteiger charge is -2.26. The number of hydrogen-bond donors (Lipinski definition) is 2. The van der Waals surface area contributed by atoms with Gasteiger partial charge in [-0.25, -0.2) is 9.59 Å². The van der Waals surface area contributed by atoms with E-state index in [-0.39, 0.29) is 0 Å². The van der Waals surface area contributed by atoms with Gasteiger partial charge < -0.3 is 19.8 Å². The Morgan fingerprint density at radius 3 is 2.00 bits per heavy atom. The second-order valence-corrected chi connectivity index (χ2v) is 7.44. The molecule has 0 bridgehead atoms. The first-order valence-corrected chi connectivity index (χ1v) is 10.5. The Balaban J connectivity index is 0.000000534. The Kier molecular flexibility index (Phi) is 10.2. The number of rotatable bonds is 7. The maximum Gasteiger partial charge on any atom is 0.414 e. The molecule has 1 saturated heterocycles. The lowest BCUT2D eigenvalue weighted by molar-refractivity contribution is -0.159. The highest BCUT2D eigenvalue weighted by Gasteiger charge is 2.10. The zero-order chi connectivity index (χ0) is 23.3. The van der Waals surface area contributed by atoms with Gasteiger partial charge in [0.25, 0.3) is 0 Å². The number of carboxylic acid groups (broad SMARTS) is 2. The summed E-state index contributed by atoms with van der Waals surface area (Å²) in [4.78, 5) is 25.6. The van der Waals surface area contributed by atoms with E-state index in [0.717, 1.165) is 23.6 Å². The number of ether oxygens (including phenoxy) is 1. The third kappa shape index (κ3) is 8.77. The van der Waals surface area contributed by atoms with Crippen molar-refractivity contribution >= 4 is 17.7 Å². The van der Waals surface area contributed by atoms with Gasteiger partial charge in [0.2, 0.25) is 0 Å². The molecule has 3 rings (SSSR count). The van der Waals surface area contributed by atoms with E-state index in [1.807, 2.05) is 31.2 Å². The quantitative estimate of drug-likeness (QED) is 0.382. The summed E-state index contributed by atoms with van der Waals surface area (Å²) < 4.78 is 5.90. The van der Waals surface area contributed by atoms with E-state index in [0.29, 0.717) is 6.61 Å². The van der Waals surface area contributed by atoms with Crippen molar-refractivity contribution in [2.24, 2.45) is 5.16 Å². The van der Waals surface area contributed by atoms with Gasteiger partial charge in [-0.15, -0.1) is 0 Å². The van der Waals surface area contributed by atoms with Crippen LogP contribution in [0, 0.1) is 0 Å². The summed E-state index contributed by atoms with van der Waals surface area (Å²) in [5, 5.41) is 18.7. The Hall–Kier alpha value is -3.39. The first-order valence-electron chi connectivity index (χ1n) is 10.5. The molecule has 0 aliphatic carbocycles. The molecule has 0 saturated carbocycles. The molecule has 0 aromatic heterocycles. The largest absolute Gasteiger partial charge is 0.489 e. The summed E-state index contributed by atoms with van der Waals surface area (Å²) in [5.74, 6) is -2.79. The zero-order valence-corrected chi connectivity index (χ0v) is 18.5. The van der Waals surface area contributed by atoms with E-state index in [1.165, 1.54) is 43.5 Å². The van der Waals surface area contributed by atoms with Crippen LogP contribution in [0.5, 0.6) is 5.75 Å². The fraction of sp³-hybridized carbons (Fsp3) is 0.375. The van der Waals surface area contributed by atoms with E-state index in [2.05, 4.69) is 34.3 Å². The minimum Gasteiger partial charge on any atom is -0.489 e. The average molecular weight is 443 g/mol. The van der Waals surface area contributed by atoms with Crippen LogP contribution in [0.3, 0.4) is 0 Å². The van der Waals surface area contributed by atoms with Crippen molar-refractivity contribution in [1.82, 2.24) is 4.90 Å². The van der Waals surface area contributed by atoms with Gasteiger partial charge in [0.1, 0.15) is 19.5 Å². The Morgan fingerprint density at radius 2 is 1.47 bits per heavy atom. The molecule has 0 spiro atoms. The molecule has 8 heteroatoms. The van der Waals surface area contributed by atoms with Crippen molar-refractivity contribution in [2.75, 3.05) is 20.2 Å². The molecule has 0 atom stereocenters. The molecular weight excluding hydrogens is 412 g/mol. The van der Waals surface area contributed by atoms with E-state index in [4.69, 9.17) is 29.4 Å². The highest BCUT2D eigenvalue weighted by molar-refractivity contribution is 6.27. The van der Waals surface area contributed by atoms with Crippen molar-refractivity contribution in [1.29, 1.82) is 0 Å². The molecule has 8 nitrogen and oxygen atoms in total. The van der Waals surface area contributed by atoms with Crippen LogP contribution in [0.25, 0.3) is 0 Å². The van der Waals surface area contributed by atoms with Gasteiger partial charge in [0, 0.05) is 6.54 Å². The molecule has 172 valence electrons. The Bertz CT molecular complexity index is 876. The minimum atomic E-state index is -1.82. The predicted molar refractivity (Wildman–Crippen MR) is 121 cm³/mol. The second-order valence-electron chi connectivity index (χ2n) is 7.44. The van der Waals surface area contributed by atoms with Gasteiger partial charge in [-0.1, -0.05) is 35.8 Å². The first kappa shape index (κ1) is 24.9. The fourth-order valence-corrected chi connectivity index (χ4v) is 3.27. The lowest BCUT2D eigenvalue weighted by Crippen LogP contribution is -2.29. The van der Waals surface area contributed by atoms with Crippen molar-refractivity contribution in [3.05, 3.63) is 65.2 Å². The number of nitrogens with zero attached hydrogens (tertiary/aromatic N) is 2. The van der Waals surface area contributed by atoms with E-state index in [1.54, 1.807) is 7.11 Å². The van der Waals surface area contributed by atoms with Crippen LogP contribution in [0.1, 0.15) is 42.9 Å². The summed E-state index contributed by atoms with van der Waals surface area (Å²) >= 11 is 0. The molecular formula is C24H30N2O6. The number of benzene rings is 2. The number of hydrogen-bond acceptors (Lipinski definition) is 6. The summed E-state index contributed by atoms with van der Waals surface area (Å²) in [6, 6.07) is 16.7. The molecule has 1 fully saturated rings. The zero-order valence-electron chi connectivity index (χ0n) is 18.5. The van der Waals surface area contributed by atoms with Crippen LogP contribution >= 0.6 is 0 Å². The van der Waals surface area contributed by atoms with Gasteiger partial charge in [-0.2, -0.15) is 0 Å². The number of carbonyl (C=O) groups is 2. The summed E-state index contributed by atoms with van der Waals surface area (Å²) in [6.45, 7) is 6.02. The van der Waals surface area contributed by atoms with Crippen LogP contribution in [0.15, 0.2) is 53.7 Å². The van der Waals surface area contributed by atoms with Crippen molar-refractivity contribution in [3.63, 3.8) is 0 Å². The van der Waals surface area contributed by atoms with Crippen molar-refractivity contribution in [2.45, 2.75) is 39.3 Å². The van der Waals surface area contributed by atoms with Crippen LogP contribution in [-0.4, -0.2) is 53.0 Å². The number of aliphatic carboxylic acids is 2. The highest BCUT2D eigenvalue weighted by atomic mass is 16.6. The third-order valence-electron chi connectivity index (χ3n) is 4.97. The maximum atomic E-state index is 9.10. The van der Waals surface area contributed by atoms with Crippen LogP contribution in [0.2, 0.25) is 0 Å². The molecule has 0 amide bonds. The second kappa shape index (κ2) is 13.1. The van der Waals surface area contributed by atoms with Crippen molar-refractivity contribution in [3.8, 4) is 5.75 Å². The molecule has 2 N–H and O–H groups in total. The summed E-state index contributed by atoms with van der Waals surface area (Å²) in [5.41, 5.74) is 4.45. The number of carboxylic acids is 2. The van der Waals surface area contributed by atoms with Crippen molar-refractivity contribution < 1.29 is 29.4 Å². The summed E-state index contributed by atoms with van der Waals surface area (Å²) in [7, 11) is 1.55. The third-order valence-corrected chi connectivity index (χ3v) is 4.97. The highest BCUT2D eigenvalue weighted by Crippen LogP contribution is 2.17. The van der Waals surface area contributed by atoms with E-state index in [9.17, 15) is 0 Å². The Morgan fingerprint density at radius 1 is 0.906 bits per heavy atom. The minimum absolute atomic E-state index is 0.578. The molecule has 1 heterocycles. The van der Waals surface area contributed by atoms with Gasteiger partial charge >= 0.3 is 11.9 Å². The van der Waals surface area contributed by atoms with Crippen LogP contribution in [0.4, 0.5) is 0 Å². The number of piperidine rings is 1. The van der Waals surface area contributed by atoms with Gasteiger partial charge in [-0.05, 0) is 73.8 Å². The topological polar surface area (TPSA) is 109 Å². The summed E-state index contributed by atoms with van der Waals surface area (Å²) in [6.07, 6.45) is 4.05. The fourth-order valence-electron chi connectivity index (χ4n) is 3.27. The first-order chi connectivity index (χ1) is 15.4. The molecule has 0 unspecified atom stereocenters. The SMILES string of the molecule is CO/N=C(\C)c1ccc(OCc2ccc(CN3CCCCC3)cc2)cc1.O=C(O)C(=O)O. The van der Waals surface area contributed by atoms with E-state index < -0.39 is 11.9 Å². The van der Waals surface area contributed by atoms with Gasteiger partial charge in [-0.3, -0.25) is 4.90 Å². The van der Waals surface area contributed by atoms with Crippen LogP contribution in [-0.2, 0) is 27.6 Å². The standard InChI is InChI=1S/C22H28N2O2.C2H2O4/c1-18(23-25-2)21-10-12-22(13-11-21)26-17-20-8-6-19(7-9-20)16-24-14-4-3-5-15-24;3-1(4)2(5)6/h6-13H,3-5,14-17H2,1-2H3;(H,3,4)(H,5,6)/b23-18+;. The maximum absolute atomic E-state index is 9.10. The predicted octanol–water partition coefficient (Wildman–Crippen LogP) is 3.78. The lowest BCUT2D eigenvalue weighted by atomic mass is 10.1. The molecule has 1 aliphatic heterocycles. The van der Waals surface area contributed by atoms with Gasteiger partial charge in [0.15, 0.2) is 0 Å². The average Bonchev–Trinajstić information content (AvgIpc) is 2.80. The smallest absolute Gasteiger partial charge is 0.414 e. The molecule has 0 radical (unpaired) electrons.